The van der Waals surface area contributed by atoms with E-state index in [-0.39, 0.29) is 12.0 Å². The van der Waals surface area contributed by atoms with Gasteiger partial charge in [-0.1, -0.05) is 0 Å². The number of rotatable bonds is 2. The highest BCUT2D eigenvalue weighted by Crippen LogP contribution is 2.19. The number of hydrogen-bond donors (Lipinski definition) is 1. The number of amides is 1. The average molecular weight is 184 g/mol. The molecule has 1 saturated heterocycles. The van der Waals surface area contributed by atoms with Gasteiger partial charge < -0.3 is 15.4 Å². The number of nitrogens with two attached hydrogens (primary N) is 1. The Morgan fingerprint density at radius 1 is 1.69 bits per heavy atom. The molecule has 0 radical (unpaired) electrons. The Labute approximate surface area is 78.3 Å². The lowest BCUT2D eigenvalue weighted by Gasteiger charge is -2.12. The van der Waals surface area contributed by atoms with Crippen LogP contribution in [0.4, 0.5) is 0 Å². The number of likely N-dealkylation sites (tertiary alicyclic amines) is 1. The molecule has 4 nitrogen and oxygen atoms in total. The van der Waals surface area contributed by atoms with E-state index in [1.165, 1.54) is 0 Å². The van der Waals surface area contributed by atoms with Crippen LogP contribution in [0.1, 0.15) is 13.3 Å². The standard InChI is InChI=1S/C9H16N2O2/c1-6(13-3)8(10)7-4-5-11(2)9(7)12/h6H,4-5,10H2,1-3H3/b8-7+. The van der Waals surface area contributed by atoms with Gasteiger partial charge in [0.2, 0.25) is 0 Å². The van der Waals surface area contributed by atoms with Gasteiger partial charge in [-0.2, -0.15) is 0 Å². The molecule has 1 aliphatic heterocycles. The third kappa shape index (κ3) is 1.83. The molecule has 0 aromatic carbocycles. The minimum atomic E-state index is -0.176. The molecule has 1 fully saturated rings. The van der Waals surface area contributed by atoms with Crippen LogP contribution >= 0.6 is 0 Å². The molecule has 0 saturated carbocycles. The highest BCUT2D eigenvalue weighted by atomic mass is 16.5. The summed E-state index contributed by atoms with van der Waals surface area (Å²) in [6.45, 7) is 2.60. The van der Waals surface area contributed by atoms with Crippen LogP contribution in [0.5, 0.6) is 0 Å². The second kappa shape index (κ2) is 3.79. The van der Waals surface area contributed by atoms with Gasteiger partial charge in [-0.3, -0.25) is 4.79 Å². The number of hydrogen-bond acceptors (Lipinski definition) is 3. The Morgan fingerprint density at radius 2 is 2.31 bits per heavy atom. The molecule has 1 rings (SSSR count). The molecule has 1 atom stereocenters. The van der Waals surface area contributed by atoms with E-state index in [1.807, 2.05) is 6.92 Å². The molecule has 0 bridgehead atoms. The zero-order valence-electron chi connectivity index (χ0n) is 8.33. The molecule has 1 aliphatic rings. The molecule has 0 aromatic rings. The lowest BCUT2D eigenvalue weighted by molar-refractivity contribution is -0.123. The van der Waals surface area contributed by atoms with Crippen molar-refractivity contribution in [2.45, 2.75) is 19.4 Å². The summed E-state index contributed by atoms with van der Waals surface area (Å²) in [6, 6.07) is 0. The van der Waals surface area contributed by atoms with Crippen molar-refractivity contribution in [3.8, 4) is 0 Å². The quantitative estimate of drug-likeness (QED) is 0.619. The average Bonchev–Trinajstić information content (AvgIpc) is 2.45. The van der Waals surface area contributed by atoms with Crippen LogP contribution in [-0.2, 0) is 9.53 Å². The fourth-order valence-corrected chi connectivity index (χ4v) is 1.36. The Balaban J connectivity index is 2.86. The van der Waals surface area contributed by atoms with Crippen LogP contribution in [0, 0.1) is 0 Å². The zero-order valence-corrected chi connectivity index (χ0v) is 8.33. The maximum Gasteiger partial charge on any atom is 0.251 e. The van der Waals surface area contributed by atoms with Gasteiger partial charge >= 0.3 is 0 Å². The first-order valence-corrected chi connectivity index (χ1v) is 4.34. The number of ether oxygens (including phenoxy) is 1. The van der Waals surface area contributed by atoms with E-state index < -0.39 is 0 Å². The van der Waals surface area contributed by atoms with Crippen LogP contribution < -0.4 is 5.73 Å². The SMILES string of the molecule is COC(C)/C(N)=C1/CCN(C)C1=O. The van der Waals surface area contributed by atoms with E-state index in [0.29, 0.717) is 11.3 Å². The molecule has 1 unspecified atom stereocenters. The van der Waals surface area contributed by atoms with E-state index in [2.05, 4.69) is 0 Å². The first-order valence-electron chi connectivity index (χ1n) is 4.34. The summed E-state index contributed by atoms with van der Waals surface area (Å²) in [5.74, 6) is 0.0291. The molecular weight excluding hydrogens is 168 g/mol. The van der Waals surface area contributed by atoms with E-state index in [0.717, 1.165) is 13.0 Å². The van der Waals surface area contributed by atoms with Gasteiger partial charge in [0.25, 0.3) is 5.91 Å². The summed E-state index contributed by atoms with van der Waals surface area (Å²) in [7, 11) is 3.36. The van der Waals surface area contributed by atoms with Gasteiger partial charge in [0.15, 0.2) is 0 Å². The van der Waals surface area contributed by atoms with E-state index in [1.54, 1.807) is 19.1 Å². The third-order valence-electron chi connectivity index (χ3n) is 2.44. The van der Waals surface area contributed by atoms with Crippen LogP contribution in [0.15, 0.2) is 11.3 Å². The van der Waals surface area contributed by atoms with Crippen LogP contribution in [0.3, 0.4) is 0 Å². The van der Waals surface area contributed by atoms with E-state index >= 15 is 0 Å². The molecule has 0 aliphatic carbocycles. The van der Waals surface area contributed by atoms with Crippen molar-refractivity contribution in [2.24, 2.45) is 5.73 Å². The van der Waals surface area contributed by atoms with Gasteiger partial charge in [0.05, 0.1) is 6.10 Å². The normalized spacial score (nSPS) is 23.6. The predicted octanol–water partition coefficient (Wildman–Crippen LogP) is 0.0962. The zero-order chi connectivity index (χ0) is 10.0. The summed E-state index contributed by atoms with van der Waals surface area (Å²) in [5, 5.41) is 0. The first-order chi connectivity index (χ1) is 6.07. The van der Waals surface area contributed by atoms with Crippen LogP contribution in [0.2, 0.25) is 0 Å². The smallest absolute Gasteiger partial charge is 0.251 e. The summed E-state index contributed by atoms with van der Waals surface area (Å²) < 4.78 is 5.05. The van der Waals surface area contributed by atoms with E-state index in [9.17, 15) is 4.79 Å². The lowest BCUT2D eigenvalue weighted by atomic mass is 10.1. The van der Waals surface area contributed by atoms with Gasteiger partial charge in [-0.15, -0.1) is 0 Å². The Kier molecular flexibility index (Phi) is 2.93. The van der Waals surface area contributed by atoms with Crippen LogP contribution in [-0.4, -0.2) is 37.6 Å². The summed E-state index contributed by atoms with van der Waals surface area (Å²) in [6.07, 6.45) is 0.556. The highest BCUT2D eigenvalue weighted by molar-refractivity contribution is 5.96. The topological polar surface area (TPSA) is 55.6 Å². The molecular formula is C9H16N2O2. The van der Waals surface area contributed by atoms with Gasteiger partial charge in [-0.05, 0) is 13.3 Å². The molecule has 0 aromatic heterocycles. The minimum Gasteiger partial charge on any atom is -0.400 e. The van der Waals surface area contributed by atoms with Crippen molar-refractivity contribution in [1.29, 1.82) is 0 Å². The summed E-state index contributed by atoms with van der Waals surface area (Å²) in [4.78, 5) is 13.2. The van der Waals surface area contributed by atoms with Crippen molar-refractivity contribution >= 4 is 5.91 Å². The Morgan fingerprint density at radius 3 is 2.69 bits per heavy atom. The second-order valence-electron chi connectivity index (χ2n) is 3.29. The van der Waals surface area contributed by atoms with Crippen molar-refractivity contribution in [1.82, 2.24) is 4.90 Å². The number of carbonyl (C=O) groups is 1. The fourth-order valence-electron chi connectivity index (χ4n) is 1.36. The second-order valence-corrected chi connectivity index (χ2v) is 3.29. The van der Waals surface area contributed by atoms with Gasteiger partial charge in [0, 0.05) is 32.0 Å². The predicted molar refractivity (Wildman–Crippen MR) is 49.9 cm³/mol. The van der Waals surface area contributed by atoms with Crippen molar-refractivity contribution in [3.05, 3.63) is 11.3 Å². The van der Waals surface area contributed by atoms with Gasteiger partial charge in [-0.25, -0.2) is 0 Å². The van der Waals surface area contributed by atoms with Crippen LogP contribution in [0.25, 0.3) is 0 Å². The van der Waals surface area contributed by atoms with Crippen molar-refractivity contribution < 1.29 is 9.53 Å². The first kappa shape index (κ1) is 10.1. The molecule has 0 spiro atoms. The largest absolute Gasteiger partial charge is 0.400 e. The Bertz CT molecular complexity index is 248. The number of carbonyl (C=O) groups excluding carboxylic acids is 1. The molecule has 1 amide bonds. The number of nitrogens with zero attached hydrogens (tertiary/aromatic N) is 1. The van der Waals surface area contributed by atoms with Gasteiger partial charge in [0.1, 0.15) is 0 Å². The van der Waals surface area contributed by atoms with Crippen molar-refractivity contribution in [3.63, 3.8) is 0 Å². The molecule has 13 heavy (non-hydrogen) atoms. The highest BCUT2D eigenvalue weighted by Gasteiger charge is 2.26. The minimum absolute atomic E-state index is 0.0291. The Hall–Kier alpha value is -1.03. The monoisotopic (exact) mass is 184 g/mol. The third-order valence-corrected chi connectivity index (χ3v) is 2.44. The maximum absolute atomic E-state index is 11.5. The molecule has 2 N–H and O–H groups in total. The lowest BCUT2D eigenvalue weighted by Crippen LogP contribution is -2.24. The summed E-state index contributed by atoms with van der Waals surface area (Å²) in [5.41, 5.74) is 7.06. The fraction of sp³-hybridized carbons (Fsp3) is 0.667. The maximum atomic E-state index is 11.5. The summed E-state index contributed by atoms with van der Waals surface area (Å²) >= 11 is 0. The number of likely N-dealkylation sites (N-methyl/N-ethyl adjacent to an activating group) is 1. The molecule has 74 valence electrons. The molecule has 4 heteroatoms. The van der Waals surface area contributed by atoms with E-state index in [4.69, 9.17) is 10.5 Å². The molecule has 1 heterocycles. The van der Waals surface area contributed by atoms with Crippen molar-refractivity contribution in [2.75, 3.05) is 20.7 Å². The number of methoxy groups -OCH3 is 1.